The molecule has 108 valence electrons. The van der Waals surface area contributed by atoms with Gasteiger partial charge in [-0.15, -0.1) is 0 Å². The molecule has 19 heavy (non-hydrogen) atoms. The molecule has 1 saturated carbocycles. The molecule has 0 aromatic carbocycles. The van der Waals surface area contributed by atoms with Crippen LogP contribution < -0.4 is 0 Å². The highest BCUT2D eigenvalue weighted by atomic mass is 16.2. The third kappa shape index (κ3) is 3.40. The summed E-state index contributed by atoms with van der Waals surface area (Å²) in [6.45, 7) is 5.44. The molecule has 0 saturated heterocycles. The third-order valence-corrected chi connectivity index (χ3v) is 5.05. The van der Waals surface area contributed by atoms with Crippen molar-refractivity contribution in [3.63, 3.8) is 0 Å². The van der Waals surface area contributed by atoms with Crippen LogP contribution in [0.5, 0.6) is 0 Å². The van der Waals surface area contributed by atoms with E-state index >= 15 is 0 Å². The number of carbonyl (C=O) groups excluding carboxylic acids is 1. The Morgan fingerprint density at radius 1 is 1.32 bits per heavy atom. The fourth-order valence-electron chi connectivity index (χ4n) is 3.74. The number of amides is 1. The van der Waals surface area contributed by atoms with Gasteiger partial charge in [0, 0.05) is 19.5 Å². The number of allylic oxidation sites excluding steroid dienone is 2. The minimum absolute atomic E-state index is 0.281. The first kappa shape index (κ1) is 14.6. The van der Waals surface area contributed by atoms with E-state index in [0.717, 1.165) is 13.0 Å². The normalized spacial score (nSPS) is 29.7. The van der Waals surface area contributed by atoms with Crippen LogP contribution in [0.1, 0.15) is 52.4 Å². The first-order valence-electron chi connectivity index (χ1n) is 8.09. The quantitative estimate of drug-likeness (QED) is 0.638. The zero-order valence-electron chi connectivity index (χ0n) is 12.8. The summed E-state index contributed by atoms with van der Waals surface area (Å²) in [6.07, 6.45) is 11.9. The number of unbranched alkanes of at least 4 members (excludes halogenated alkanes) is 1. The van der Waals surface area contributed by atoms with Crippen LogP contribution in [0.15, 0.2) is 12.2 Å². The molecule has 4 unspecified atom stereocenters. The number of hydrogen-bond acceptors (Lipinski definition) is 1. The molecule has 0 aromatic heterocycles. The van der Waals surface area contributed by atoms with Crippen molar-refractivity contribution in [2.24, 2.45) is 23.7 Å². The molecule has 2 rings (SSSR count). The molecule has 0 aliphatic heterocycles. The van der Waals surface area contributed by atoms with Gasteiger partial charge in [0.05, 0.1) is 0 Å². The number of fused-ring (bicyclic) bond motifs is 2. The predicted molar refractivity (Wildman–Crippen MR) is 79.8 cm³/mol. The van der Waals surface area contributed by atoms with E-state index in [1.807, 2.05) is 11.9 Å². The van der Waals surface area contributed by atoms with Crippen LogP contribution in [0.4, 0.5) is 0 Å². The standard InChI is InChI=1S/C17H29NO/c1-4-6-7-13(5-2)12-18(3)17(19)16-11-14-8-9-15(16)10-14/h8-9,13-16H,4-7,10-12H2,1-3H3. The Labute approximate surface area is 118 Å². The summed E-state index contributed by atoms with van der Waals surface area (Å²) in [7, 11) is 2.01. The Balaban J connectivity index is 1.83. The van der Waals surface area contributed by atoms with E-state index in [0.29, 0.717) is 23.7 Å². The van der Waals surface area contributed by atoms with Crippen molar-refractivity contribution in [2.75, 3.05) is 13.6 Å². The SMILES string of the molecule is CCCCC(CC)CN(C)C(=O)C1CC2C=CC1C2. The lowest BCUT2D eigenvalue weighted by atomic mass is 9.91. The highest BCUT2D eigenvalue weighted by molar-refractivity contribution is 5.79. The fraction of sp³-hybridized carbons (Fsp3) is 0.824. The van der Waals surface area contributed by atoms with Gasteiger partial charge in [-0.05, 0) is 37.0 Å². The maximum Gasteiger partial charge on any atom is 0.226 e. The summed E-state index contributed by atoms with van der Waals surface area (Å²) >= 11 is 0. The summed E-state index contributed by atoms with van der Waals surface area (Å²) in [4.78, 5) is 14.6. The predicted octanol–water partition coefficient (Wildman–Crippen LogP) is 3.87. The van der Waals surface area contributed by atoms with Crippen molar-refractivity contribution >= 4 is 5.91 Å². The number of rotatable bonds is 7. The Morgan fingerprint density at radius 3 is 2.63 bits per heavy atom. The van der Waals surface area contributed by atoms with Crippen molar-refractivity contribution in [1.29, 1.82) is 0 Å². The van der Waals surface area contributed by atoms with Crippen molar-refractivity contribution in [2.45, 2.75) is 52.4 Å². The lowest BCUT2D eigenvalue weighted by Crippen LogP contribution is -2.37. The molecule has 2 aliphatic carbocycles. The van der Waals surface area contributed by atoms with Gasteiger partial charge < -0.3 is 4.90 Å². The van der Waals surface area contributed by atoms with Crippen molar-refractivity contribution < 1.29 is 4.79 Å². The fourth-order valence-corrected chi connectivity index (χ4v) is 3.74. The number of hydrogen-bond donors (Lipinski definition) is 0. The Kier molecular flexibility index (Phi) is 5.06. The van der Waals surface area contributed by atoms with Crippen LogP contribution >= 0.6 is 0 Å². The lowest BCUT2D eigenvalue weighted by Gasteiger charge is -2.28. The van der Waals surface area contributed by atoms with E-state index in [9.17, 15) is 4.79 Å². The average Bonchev–Trinajstić information content (AvgIpc) is 3.04. The van der Waals surface area contributed by atoms with E-state index < -0.39 is 0 Å². The first-order valence-corrected chi connectivity index (χ1v) is 8.09. The van der Waals surface area contributed by atoms with Gasteiger partial charge in [0.15, 0.2) is 0 Å². The zero-order chi connectivity index (χ0) is 13.8. The van der Waals surface area contributed by atoms with Gasteiger partial charge in [-0.1, -0.05) is 45.3 Å². The van der Waals surface area contributed by atoms with Crippen LogP contribution in [0.25, 0.3) is 0 Å². The van der Waals surface area contributed by atoms with E-state index in [-0.39, 0.29) is 5.92 Å². The van der Waals surface area contributed by atoms with Crippen molar-refractivity contribution in [3.05, 3.63) is 12.2 Å². The van der Waals surface area contributed by atoms with E-state index in [1.54, 1.807) is 0 Å². The summed E-state index contributed by atoms with van der Waals surface area (Å²) in [6, 6.07) is 0. The molecule has 4 atom stereocenters. The summed E-state index contributed by atoms with van der Waals surface area (Å²) in [5.41, 5.74) is 0. The second-order valence-electron chi connectivity index (χ2n) is 6.52. The minimum Gasteiger partial charge on any atom is -0.345 e. The van der Waals surface area contributed by atoms with Gasteiger partial charge in [-0.2, -0.15) is 0 Å². The second-order valence-corrected chi connectivity index (χ2v) is 6.52. The molecule has 2 bridgehead atoms. The van der Waals surface area contributed by atoms with Gasteiger partial charge >= 0.3 is 0 Å². The van der Waals surface area contributed by atoms with Crippen molar-refractivity contribution in [1.82, 2.24) is 4.90 Å². The Bertz CT molecular complexity index is 336. The molecule has 2 nitrogen and oxygen atoms in total. The summed E-state index contributed by atoms with van der Waals surface area (Å²) < 4.78 is 0. The Hall–Kier alpha value is -0.790. The zero-order valence-corrected chi connectivity index (χ0v) is 12.8. The van der Waals surface area contributed by atoms with E-state index in [1.165, 1.54) is 32.1 Å². The van der Waals surface area contributed by atoms with Crippen LogP contribution in [0.2, 0.25) is 0 Å². The van der Waals surface area contributed by atoms with Gasteiger partial charge in [0.2, 0.25) is 5.91 Å². The third-order valence-electron chi connectivity index (χ3n) is 5.05. The molecule has 0 heterocycles. The Morgan fingerprint density at radius 2 is 2.11 bits per heavy atom. The summed E-state index contributed by atoms with van der Waals surface area (Å²) in [5.74, 6) is 2.59. The highest BCUT2D eigenvalue weighted by Gasteiger charge is 2.40. The van der Waals surface area contributed by atoms with Crippen LogP contribution in [0, 0.1) is 23.7 Å². The first-order chi connectivity index (χ1) is 9.15. The maximum atomic E-state index is 12.6. The van der Waals surface area contributed by atoms with Crippen LogP contribution in [-0.4, -0.2) is 24.4 Å². The topological polar surface area (TPSA) is 20.3 Å². The molecule has 0 aromatic rings. The minimum atomic E-state index is 0.281. The van der Waals surface area contributed by atoms with Crippen LogP contribution in [-0.2, 0) is 4.79 Å². The van der Waals surface area contributed by atoms with Gasteiger partial charge in [-0.3, -0.25) is 4.79 Å². The number of carbonyl (C=O) groups is 1. The lowest BCUT2D eigenvalue weighted by molar-refractivity contribution is -0.135. The molecule has 0 spiro atoms. The molecule has 1 amide bonds. The van der Waals surface area contributed by atoms with Gasteiger partial charge in [0.25, 0.3) is 0 Å². The van der Waals surface area contributed by atoms with E-state index in [2.05, 4.69) is 26.0 Å². The molecular weight excluding hydrogens is 234 g/mol. The monoisotopic (exact) mass is 263 g/mol. The maximum absolute atomic E-state index is 12.6. The van der Waals surface area contributed by atoms with E-state index in [4.69, 9.17) is 0 Å². The molecular formula is C17H29NO. The second kappa shape index (κ2) is 6.58. The molecule has 1 fully saturated rings. The molecule has 2 aliphatic rings. The largest absolute Gasteiger partial charge is 0.345 e. The van der Waals surface area contributed by atoms with Gasteiger partial charge in [-0.25, -0.2) is 0 Å². The molecule has 0 radical (unpaired) electrons. The van der Waals surface area contributed by atoms with Crippen LogP contribution in [0.3, 0.4) is 0 Å². The van der Waals surface area contributed by atoms with Crippen molar-refractivity contribution in [3.8, 4) is 0 Å². The van der Waals surface area contributed by atoms with Gasteiger partial charge in [0.1, 0.15) is 0 Å². The molecule has 0 N–H and O–H groups in total. The molecule has 2 heteroatoms. The summed E-state index contributed by atoms with van der Waals surface area (Å²) in [5, 5.41) is 0. The smallest absolute Gasteiger partial charge is 0.226 e. The highest BCUT2D eigenvalue weighted by Crippen LogP contribution is 2.44. The number of nitrogens with zero attached hydrogens (tertiary/aromatic N) is 1. The average molecular weight is 263 g/mol.